The molecule has 1 atom stereocenters. The molecule has 1 unspecified atom stereocenters. The van der Waals surface area contributed by atoms with Crippen LogP contribution in [0.25, 0.3) is 0 Å². The Kier molecular flexibility index (Phi) is 5.12. The highest BCUT2D eigenvalue weighted by Gasteiger charge is 2.10. The van der Waals surface area contributed by atoms with Crippen molar-refractivity contribution in [1.29, 1.82) is 0 Å². The van der Waals surface area contributed by atoms with E-state index in [0.717, 1.165) is 30.8 Å². The summed E-state index contributed by atoms with van der Waals surface area (Å²) in [5.41, 5.74) is 3.94. The number of nitrogens with zero attached hydrogens (tertiary/aromatic N) is 2. The van der Waals surface area contributed by atoms with Crippen molar-refractivity contribution in [2.45, 2.75) is 53.2 Å². The van der Waals surface area contributed by atoms with Gasteiger partial charge in [0.05, 0.1) is 11.4 Å². The molecular weight excluding hydrogens is 265 g/mol. The molecule has 3 nitrogen and oxygen atoms in total. The lowest BCUT2D eigenvalue weighted by Gasteiger charge is -2.15. The normalized spacial score (nSPS) is 12.6. The maximum Gasteiger partial charge on any atom is 0.126 e. The number of hydrogen-bond acceptors (Lipinski definition) is 2. The van der Waals surface area contributed by atoms with Crippen LogP contribution in [0.15, 0.2) is 24.3 Å². The maximum atomic E-state index is 13.6. The number of benzene rings is 1. The van der Waals surface area contributed by atoms with Crippen molar-refractivity contribution in [2.24, 2.45) is 0 Å². The SMILES string of the molecule is CCc1cc(CNC(C)c2ccc(C)c(F)c2)n(CC)n1. The van der Waals surface area contributed by atoms with Crippen molar-refractivity contribution in [2.75, 3.05) is 0 Å². The zero-order valence-electron chi connectivity index (χ0n) is 13.3. The van der Waals surface area contributed by atoms with Gasteiger partial charge in [0, 0.05) is 19.1 Å². The van der Waals surface area contributed by atoms with E-state index >= 15 is 0 Å². The first-order chi connectivity index (χ1) is 10.0. The van der Waals surface area contributed by atoms with E-state index in [1.54, 1.807) is 13.0 Å². The highest BCUT2D eigenvalue weighted by Crippen LogP contribution is 2.17. The number of nitrogens with one attached hydrogen (secondary N) is 1. The lowest BCUT2D eigenvalue weighted by Crippen LogP contribution is -2.20. The van der Waals surface area contributed by atoms with E-state index in [-0.39, 0.29) is 11.9 Å². The molecule has 0 spiro atoms. The molecule has 0 amide bonds. The van der Waals surface area contributed by atoms with Gasteiger partial charge in [-0.1, -0.05) is 19.1 Å². The van der Waals surface area contributed by atoms with E-state index < -0.39 is 0 Å². The first-order valence-corrected chi connectivity index (χ1v) is 7.60. The van der Waals surface area contributed by atoms with Gasteiger partial charge in [0.15, 0.2) is 0 Å². The summed E-state index contributed by atoms with van der Waals surface area (Å²) in [4.78, 5) is 0. The summed E-state index contributed by atoms with van der Waals surface area (Å²) in [7, 11) is 0. The molecule has 1 N–H and O–H groups in total. The quantitative estimate of drug-likeness (QED) is 0.877. The smallest absolute Gasteiger partial charge is 0.126 e. The average molecular weight is 289 g/mol. The molecule has 2 rings (SSSR count). The Balaban J connectivity index is 2.04. The van der Waals surface area contributed by atoms with Crippen LogP contribution in [-0.2, 0) is 19.5 Å². The van der Waals surface area contributed by atoms with Crippen LogP contribution in [0.3, 0.4) is 0 Å². The van der Waals surface area contributed by atoms with Crippen molar-refractivity contribution < 1.29 is 4.39 Å². The van der Waals surface area contributed by atoms with E-state index in [0.29, 0.717) is 5.56 Å². The standard InChI is InChI=1S/C17H24FN3/c1-5-15-10-16(21(6-2)20-15)11-19-13(4)14-8-7-12(3)17(18)9-14/h7-10,13,19H,5-6,11H2,1-4H3. The largest absolute Gasteiger partial charge is 0.305 e. The van der Waals surface area contributed by atoms with Gasteiger partial charge in [-0.05, 0) is 50.5 Å². The van der Waals surface area contributed by atoms with Crippen LogP contribution in [0.1, 0.15) is 49.3 Å². The fourth-order valence-electron chi connectivity index (χ4n) is 2.36. The van der Waals surface area contributed by atoms with E-state index in [1.165, 1.54) is 5.69 Å². The Morgan fingerprint density at radius 2 is 2.05 bits per heavy atom. The van der Waals surface area contributed by atoms with Crippen LogP contribution in [0.5, 0.6) is 0 Å². The van der Waals surface area contributed by atoms with Gasteiger partial charge in [0.25, 0.3) is 0 Å². The monoisotopic (exact) mass is 289 g/mol. The molecule has 21 heavy (non-hydrogen) atoms. The average Bonchev–Trinajstić information content (AvgIpc) is 2.90. The molecule has 2 aromatic rings. The summed E-state index contributed by atoms with van der Waals surface area (Å²) in [5.74, 6) is -0.145. The molecule has 1 aromatic carbocycles. The minimum Gasteiger partial charge on any atom is -0.305 e. The predicted molar refractivity (Wildman–Crippen MR) is 83.7 cm³/mol. The van der Waals surface area contributed by atoms with Gasteiger partial charge in [0.1, 0.15) is 5.82 Å². The third-order valence-electron chi connectivity index (χ3n) is 3.86. The highest BCUT2D eigenvalue weighted by molar-refractivity contribution is 5.25. The van der Waals surface area contributed by atoms with Crippen LogP contribution in [0.2, 0.25) is 0 Å². The van der Waals surface area contributed by atoms with Gasteiger partial charge in [-0.25, -0.2) is 4.39 Å². The molecule has 4 heteroatoms. The van der Waals surface area contributed by atoms with Crippen LogP contribution in [0.4, 0.5) is 4.39 Å². The summed E-state index contributed by atoms with van der Waals surface area (Å²) in [5, 5.41) is 7.99. The second-order valence-electron chi connectivity index (χ2n) is 5.41. The summed E-state index contributed by atoms with van der Waals surface area (Å²) < 4.78 is 15.7. The van der Waals surface area contributed by atoms with Crippen LogP contribution < -0.4 is 5.32 Å². The Labute approximate surface area is 126 Å². The molecule has 1 aromatic heterocycles. The van der Waals surface area contributed by atoms with E-state index in [4.69, 9.17) is 0 Å². The number of rotatable bonds is 6. The number of hydrogen-bond donors (Lipinski definition) is 1. The van der Waals surface area contributed by atoms with Gasteiger partial charge >= 0.3 is 0 Å². The lowest BCUT2D eigenvalue weighted by atomic mass is 10.1. The Bertz CT molecular complexity index is 604. The highest BCUT2D eigenvalue weighted by atomic mass is 19.1. The first-order valence-electron chi connectivity index (χ1n) is 7.60. The number of halogens is 1. The fraction of sp³-hybridized carbons (Fsp3) is 0.471. The Morgan fingerprint density at radius 3 is 2.67 bits per heavy atom. The molecular formula is C17H24FN3. The van der Waals surface area contributed by atoms with E-state index in [9.17, 15) is 4.39 Å². The van der Waals surface area contributed by atoms with Gasteiger partial charge in [-0.15, -0.1) is 0 Å². The summed E-state index contributed by atoms with van der Waals surface area (Å²) >= 11 is 0. The molecule has 0 aliphatic carbocycles. The molecule has 0 saturated carbocycles. The van der Waals surface area contributed by atoms with Crippen molar-refractivity contribution in [3.8, 4) is 0 Å². The third-order valence-corrected chi connectivity index (χ3v) is 3.86. The minimum absolute atomic E-state index is 0.102. The fourth-order valence-corrected chi connectivity index (χ4v) is 2.36. The molecule has 0 aliphatic rings. The second kappa shape index (κ2) is 6.85. The zero-order valence-corrected chi connectivity index (χ0v) is 13.3. The molecule has 0 saturated heterocycles. The molecule has 1 heterocycles. The van der Waals surface area contributed by atoms with Gasteiger partial charge in [0.2, 0.25) is 0 Å². The van der Waals surface area contributed by atoms with Gasteiger partial charge in [-0.3, -0.25) is 4.68 Å². The van der Waals surface area contributed by atoms with E-state index in [2.05, 4.69) is 37.3 Å². The van der Waals surface area contributed by atoms with Crippen molar-refractivity contribution in [3.05, 3.63) is 52.6 Å². The molecule has 0 aliphatic heterocycles. The van der Waals surface area contributed by atoms with Crippen molar-refractivity contribution in [3.63, 3.8) is 0 Å². The maximum absolute atomic E-state index is 13.6. The lowest BCUT2D eigenvalue weighted by molar-refractivity contribution is 0.526. The minimum atomic E-state index is -0.145. The molecule has 0 radical (unpaired) electrons. The number of aromatic nitrogens is 2. The molecule has 0 bridgehead atoms. The van der Waals surface area contributed by atoms with Crippen molar-refractivity contribution >= 4 is 0 Å². The van der Waals surface area contributed by atoms with E-state index in [1.807, 2.05) is 16.8 Å². The summed E-state index contributed by atoms with van der Waals surface area (Å²) in [6.07, 6.45) is 0.943. The molecule has 0 fully saturated rings. The van der Waals surface area contributed by atoms with Gasteiger partial charge in [-0.2, -0.15) is 5.10 Å². The van der Waals surface area contributed by atoms with Crippen LogP contribution >= 0.6 is 0 Å². The molecule has 114 valence electrons. The summed E-state index contributed by atoms with van der Waals surface area (Å²) in [6, 6.07) is 7.66. The third kappa shape index (κ3) is 3.70. The zero-order chi connectivity index (χ0) is 15.4. The Hall–Kier alpha value is -1.68. The first kappa shape index (κ1) is 15.7. The topological polar surface area (TPSA) is 29.9 Å². The van der Waals surface area contributed by atoms with Crippen LogP contribution in [-0.4, -0.2) is 9.78 Å². The predicted octanol–water partition coefficient (Wildman–Crippen LogP) is 3.76. The van der Waals surface area contributed by atoms with Gasteiger partial charge < -0.3 is 5.32 Å². The number of aryl methyl sites for hydroxylation is 3. The van der Waals surface area contributed by atoms with Crippen LogP contribution in [0, 0.1) is 12.7 Å². The second-order valence-corrected chi connectivity index (χ2v) is 5.41. The van der Waals surface area contributed by atoms with Crippen molar-refractivity contribution in [1.82, 2.24) is 15.1 Å². The summed E-state index contributed by atoms with van der Waals surface area (Å²) in [6.45, 7) is 9.63. The Morgan fingerprint density at radius 1 is 1.29 bits per heavy atom.